The van der Waals surface area contributed by atoms with E-state index in [1.807, 2.05) is 24.3 Å². The van der Waals surface area contributed by atoms with Gasteiger partial charge in [0, 0.05) is 5.02 Å². The second-order valence-corrected chi connectivity index (χ2v) is 5.16. The number of carbonyl (C=O) groups is 1. The van der Waals surface area contributed by atoms with E-state index in [1.165, 1.54) is 0 Å². The highest BCUT2D eigenvalue weighted by atomic mass is 35.5. The van der Waals surface area contributed by atoms with Crippen LogP contribution in [0.2, 0.25) is 5.02 Å². The van der Waals surface area contributed by atoms with Gasteiger partial charge in [-0.2, -0.15) is 5.10 Å². The second-order valence-electron chi connectivity index (χ2n) is 4.72. The first-order valence-electron chi connectivity index (χ1n) is 6.97. The smallest absolute Gasteiger partial charge is 0.280 e. The summed E-state index contributed by atoms with van der Waals surface area (Å²) in [6.45, 7) is 1.64. The summed E-state index contributed by atoms with van der Waals surface area (Å²) in [7, 11) is 1.60. The number of hydrazone groups is 1. The molecule has 0 radical (unpaired) electrons. The van der Waals surface area contributed by atoms with Gasteiger partial charge in [0.15, 0.2) is 6.10 Å². The lowest BCUT2D eigenvalue weighted by Crippen LogP contribution is -2.33. The molecule has 0 spiro atoms. The molecule has 5 nitrogen and oxygen atoms in total. The zero-order chi connectivity index (χ0) is 16.7. The van der Waals surface area contributed by atoms with Crippen LogP contribution in [-0.4, -0.2) is 25.3 Å². The van der Waals surface area contributed by atoms with Gasteiger partial charge in [-0.05, 0) is 55.0 Å². The molecule has 0 aliphatic carbocycles. The average molecular weight is 333 g/mol. The van der Waals surface area contributed by atoms with Gasteiger partial charge in [-0.25, -0.2) is 5.43 Å². The van der Waals surface area contributed by atoms with Gasteiger partial charge in [0.25, 0.3) is 5.91 Å². The number of amides is 1. The lowest BCUT2D eigenvalue weighted by atomic mass is 10.2. The molecule has 0 unspecified atom stereocenters. The van der Waals surface area contributed by atoms with Gasteiger partial charge in [-0.15, -0.1) is 0 Å². The Morgan fingerprint density at radius 3 is 2.61 bits per heavy atom. The Hall–Kier alpha value is -2.53. The molecule has 0 heterocycles. The van der Waals surface area contributed by atoms with Crippen LogP contribution >= 0.6 is 11.6 Å². The van der Waals surface area contributed by atoms with Gasteiger partial charge < -0.3 is 9.47 Å². The quantitative estimate of drug-likeness (QED) is 0.652. The molecule has 23 heavy (non-hydrogen) atoms. The molecule has 120 valence electrons. The standard InChI is InChI=1S/C17H17ClN2O3/c1-12(23-16-5-3-4-14(18)10-16)17(21)20-19-11-13-6-8-15(22-2)9-7-13/h3-12H,1-2H3,(H,20,21)/b19-11-/t12-/m0/s1. The van der Waals surface area contributed by atoms with Crippen LogP contribution in [0.15, 0.2) is 53.6 Å². The minimum Gasteiger partial charge on any atom is -0.497 e. The predicted octanol–water partition coefficient (Wildman–Crippen LogP) is 3.27. The molecule has 0 saturated carbocycles. The van der Waals surface area contributed by atoms with Crippen molar-refractivity contribution in [2.24, 2.45) is 5.10 Å². The number of benzene rings is 2. The molecule has 0 aromatic heterocycles. The maximum Gasteiger partial charge on any atom is 0.280 e. The van der Waals surface area contributed by atoms with E-state index in [0.717, 1.165) is 11.3 Å². The molecule has 1 amide bonds. The van der Waals surface area contributed by atoms with Crippen molar-refractivity contribution < 1.29 is 14.3 Å². The number of hydrogen-bond donors (Lipinski definition) is 1. The Labute approximate surface area is 139 Å². The van der Waals surface area contributed by atoms with Crippen LogP contribution in [0.4, 0.5) is 0 Å². The van der Waals surface area contributed by atoms with E-state index in [4.69, 9.17) is 21.1 Å². The Balaban J connectivity index is 1.86. The fourth-order valence-corrected chi connectivity index (χ4v) is 1.93. The molecular formula is C17H17ClN2O3. The number of hydrogen-bond acceptors (Lipinski definition) is 4. The van der Waals surface area contributed by atoms with Crippen molar-refractivity contribution in [2.75, 3.05) is 7.11 Å². The molecule has 1 N–H and O–H groups in total. The summed E-state index contributed by atoms with van der Waals surface area (Å²) in [6.07, 6.45) is 0.852. The van der Waals surface area contributed by atoms with Gasteiger partial charge >= 0.3 is 0 Å². The lowest BCUT2D eigenvalue weighted by Gasteiger charge is -2.12. The highest BCUT2D eigenvalue weighted by molar-refractivity contribution is 6.30. The first-order valence-corrected chi connectivity index (χ1v) is 7.35. The molecule has 0 saturated heterocycles. The number of halogens is 1. The highest BCUT2D eigenvalue weighted by Crippen LogP contribution is 2.18. The summed E-state index contributed by atoms with van der Waals surface area (Å²) >= 11 is 5.87. The molecule has 2 aromatic carbocycles. The molecule has 0 aliphatic heterocycles. The van der Waals surface area contributed by atoms with E-state index in [9.17, 15) is 4.79 Å². The van der Waals surface area contributed by atoms with E-state index in [1.54, 1.807) is 44.5 Å². The number of rotatable bonds is 6. The SMILES string of the molecule is COc1ccc(/C=N\NC(=O)[C@H](C)Oc2cccc(Cl)c2)cc1. The normalized spacial score (nSPS) is 12.0. The fourth-order valence-electron chi connectivity index (χ4n) is 1.75. The third kappa shape index (κ3) is 5.30. The molecule has 0 fully saturated rings. The number of methoxy groups -OCH3 is 1. The van der Waals surface area contributed by atoms with Gasteiger partial charge in [-0.3, -0.25) is 4.79 Å². The van der Waals surface area contributed by atoms with E-state index < -0.39 is 6.10 Å². The Bertz CT molecular complexity index is 686. The molecule has 0 aliphatic rings. The molecule has 6 heteroatoms. The fraction of sp³-hybridized carbons (Fsp3) is 0.176. The van der Waals surface area contributed by atoms with Crippen LogP contribution in [0.25, 0.3) is 0 Å². The van der Waals surface area contributed by atoms with Crippen molar-refractivity contribution in [3.8, 4) is 11.5 Å². The zero-order valence-electron chi connectivity index (χ0n) is 12.8. The monoisotopic (exact) mass is 332 g/mol. The van der Waals surface area contributed by atoms with E-state index >= 15 is 0 Å². The van der Waals surface area contributed by atoms with Crippen LogP contribution in [0.3, 0.4) is 0 Å². The summed E-state index contributed by atoms with van der Waals surface area (Å²) < 4.78 is 10.6. The molecule has 2 aromatic rings. The maximum absolute atomic E-state index is 11.9. The first kappa shape index (κ1) is 16.8. The second kappa shape index (κ2) is 8.19. The summed E-state index contributed by atoms with van der Waals surface area (Å²) in [4.78, 5) is 11.9. The van der Waals surface area contributed by atoms with Gasteiger partial charge in [0.1, 0.15) is 11.5 Å². The van der Waals surface area contributed by atoms with E-state index in [0.29, 0.717) is 10.8 Å². The third-order valence-corrected chi connectivity index (χ3v) is 3.22. The molecule has 0 bridgehead atoms. The zero-order valence-corrected chi connectivity index (χ0v) is 13.6. The van der Waals surface area contributed by atoms with E-state index in [-0.39, 0.29) is 5.91 Å². The highest BCUT2D eigenvalue weighted by Gasteiger charge is 2.13. The number of nitrogens with zero attached hydrogens (tertiary/aromatic N) is 1. The maximum atomic E-state index is 11.9. The van der Waals surface area contributed by atoms with Crippen LogP contribution in [-0.2, 0) is 4.79 Å². The van der Waals surface area contributed by atoms with Crippen LogP contribution in [0.5, 0.6) is 11.5 Å². The average Bonchev–Trinajstić information content (AvgIpc) is 2.55. The minimum absolute atomic E-state index is 0.352. The van der Waals surface area contributed by atoms with Crippen molar-refractivity contribution in [3.63, 3.8) is 0 Å². The summed E-state index contributed by atoms with van der Waals surface area (Å²) in [5.41, 5.74) is 3.28. The van der Waals surface area contributed by atoms with Crippen LogP contribution < -0.4 is 14.9 Å². The molecular weight excluding hydrogens is 316 g/mol. The Morgan fingerprint density at radius 1 is 1.22 bits per heavy atom. The largest absolute Gasteiger partial charge is 0.497 e. The van der Waals surface area contributed by atoms with E-state index in [2.05, 4.69) is 10.5 Å². The van der Waals surface area contributed by atoms with Crippen molar-refractivity contribution >= 4 is 23.7 Å². The van der Waals surface area contributed by atoms with Crippen LogP contribution in [0, 0.1) is 0 Å². The molecule has 2 rings (SSSR count). The first-order chi connectivity index (χ1) is 11.1. The number of ether oxygens (including phenoxy) is 2. The number of carbonyl (C=O) groups excluding carboxylic acids is 1. The third-order valence-electron chi connectivity index (χ3n) is 2.98. The van der Waals surface area contributed by atoms with Crippen molar-refractivity contribution in [3.05, 3.63) is 59.1 Å². The minimum atomic E-state index is -0.693. The van der Waals surface area contributed by atoms with Crippen molar-refractivity contribution in [1.29, 1.82) is 0 Å². The van der Waals surface area contributed by atoms with Gasteiger partial charge in [0.2, 0.25) is 0 Å². The summed E-state index contributed by atoms with van der Waals surface area (Å²) in [6, 6.07) is 14.2. The van der Waals surface area contributed by atoms with Crippen molar-refractivity contribution in [2.45, 2.75) is 13.0 Å². The van der Waals surface area contributed by atoms with Gasteiger partial charge in [0.05, 0.1) is 13.3 Å². The Morgan fingerprint density at radius 2 is 1.96 bits per heavy atom. The Kier molecular flexibility index (Phi) is 6.00. The molecule has 1 atom stereocenters. The van der Waals surface area contributed by atoms with Crippen molar-refractivity contribution in [1.82, 2.24) is 5.43 Å². The van der Waals surface area contributed by atoms with Gasteiger partial charge in [-0.1, -0.05) is 17.7 Å². The topological polar surface area (TPSA) is 59.9 Å². The summed E-state index contributed by atoms with van der Waals surface area (Å²) in [5.74, 6) is 0.934. The summed E-state index contributed by atoms with van der Waals surface area (Å²) in [5, 5.41) is 4.45. The predicted molar refractivity (Wildman–Crippen MR) is 90.3 cm³/mol. The number of nitrogens with one attached hydrogen (secondary N) is 1. The van der Waals surface area contributed by atoms with Crippen LogP contribution in [0.1, 0.15) is 12.5 Å². The lowest BCUT2D eigenvalue weighted by molar-refractivity contribution is -0.127.